The molecule has 0 unspecified atom stereocenters. The second-order valence-corrected chi connectivity index (χ2v) is 9.01. The van der Waals surface area contributed by atoms with Crippen LogP contribution in [-0.2, 0) is 0 Å². The molecular weight excluding hydrogens is 468 g/mol. The third-order valence-corrected chi connectivity index (χ3v) is 6.60. The van der Waals surface area contributed by atoms with Gasteiger partial charge in [0.15, 0.2) is 5.11 Å². The fourth-order valence-electron chi connectivity index (χ4n) is 4.54. The summed E-state index contributed by atoms with van der Waals surface area (Å²) in [6.07, 6.45) is 2.74. The maximum Gasteiger partial charge on any atom is 0.170 e. The maximum atomic E-state index is 6.43. The number of ether oxygens (including phenoxy) is 1. The molecule has 4 aromatic rings. The van der Waals surface area contributed by atoms with E-state index in [1.54, 1.807) is 0 Å². The molecule has 7 heteroatoms. The fraction of sp³-hybridized carbons (Fsp3) is 0.241. The average Bonchev–Trinajstić information content (AvgIpc) is 3.53. The number of anilines is 1. The monoisotopic (exact) mass is 498 g/mol. The highest BCUT2D eigenvalue weighted by atomic mass is 32.1. The van der Waals surface area contributed by atoms with Crippen molar-refractivity contribution >= 4 is 23.0 Å². The molecule has 0 amide bonds. The summed E-state index contributed by atoms with van der Waals surface area (Å²) in [5.41, 5.74) is 3.06. The molecule has 2 aromatic heterocycles. The third kappa shape index (κ3) is 5.36. The molecule has 1 fully saturated rings. The number of hydrogen-bond donors (Lipinski definition) is 2. The number of rotatable bonds is 10. The molecule has 3 heterocycles. The van der Waals surface area contributed by atoms with Gasteiger partial charge in [0.2, 0.25) is 0 Å². The van der Waals surface area contributed by atoms with Gasteiger partial charge in [0.05, 0.1) is 18.3 Å². The second kappa shape index (κ2) is 11.3. The van der Waals surface area contributed by atoms with Crippen molar-refractivity contribution in [1.29, 1.82) is 0 Å². The van der Waals surface area contributed by atoms with Crippen molar-refractivity contribution in [2.75, 3.05) is 25.0 Å². The summed E-state index contributed by atoms with van der Waals surface area (Å²) in [5, 5.41) is 7.70. The number of furan rings is 1. The molecule has 0 radical (unpaired) electrons. The van der Waals surface area contributed by atoms with Crippen LogP contribution in [0.5, 0.6) is 5.75 Å². The Morgan fingerprint density at radius 2 is 1.81 bits per heavy atom. The van der Waals surface area contributed by atoms with Crippen LogP contribution >= 0.6 is 12.2 Å². The minimum Gasteiger partial charge on any atom is -0.494 e. The Balaban J connectivity index is 1.36. The zero-order valence-electron chi connectivity index (χ0n) is 20.3. The summed E-state index contributed by atoms with van der Waals surface area (Å²) in [6, 6.07) is 28.1. The molecule has 1 aliphatic rings. The lowest BCUT2D eigenvalue weighted by atomic mass is 10.0. The van der Waals surface area contributed by atoms with Gasteiger partial charge in [-0.2, -0.15) is 0 Å². The number of nitrogens with zero attached hydrogens (tertiary/aromatic N) is 2. The van der Waals surface area contributed by atoms with E-state index in [9.17, 15) is 0 Å². The van der Waals surface area contributed by atoms with Crippen LogP contribution in [0.4, 0.5) is 5.69 Å². The zero-order valence-corrected chi connectivity index (χ0v) is 21.1. The highest BCUT2D eigenvalue weighted by Gasteiger charge is 2.41. The van der Waals surface area contributed by atoms with Gasteiger partial charge in [-0.05, 0) is 86.2 Å². The molecule has 1 aliphatic heterocycles. The van der Waals surface area contributed by atoms with E-state index in [-0.39, 0.29) is 12.1 Å². The van der Waals surface area contributed by atoms with Crippen molar-refractivity contribution in [2.24, 2.45) is 0 Å². The molecule has 1 saturated heterocycles. The first-order chi connectivity index (χ1) is 17.7. The number of thiocarbonyl (C=S) groups is 1. The van der Waals surface area contributed by atoms with E-state index in [0.29, 0.717) is 6.61 Å². The van der Waals surface area contributed by atoms with Gasteiger partial charge in [-0.3, -0.25) is 4.98 Å². The quantitative estimate of drug-likeness (QED) is 0.199. The van der Waals surface area contributed by atoms with Crippen molar-refractivity contribution < 1.29 is 9.15 Å². The maximum absolute atomic E-state index is 6.43. The van der Waals surface area contributed by atoms with Crippen LogP contribution in [-0.4, -0.2) is 34.7 Å². The Morgan fingerprint density at radius 3 is 2.56 bits per heavy atom. The molecule has 2 N–H and O–H groups in total. The highest BCUT2D eigenvalue weighted by molar-refractivity contribution is 7.80. The first kappa shape index (κ1) is 23.9. The molecule has 0 bridgehead atoms. The SMILES string of the molecule is CCOc1ccc(-c2ccc([C@H]3[C@@H](c4ccccn4)NC(=S)N3CCCNc3ccccc3)o2)cc1. The summed E-state index contributed by atoms with van der Waals surface area (Å²) < 4.78 is 12.0. The minimum absolute atomic E-state index is 0.0967. The third-order valence-electron chi connectivity index (χ3n) is 6.24. The second-order valence-electron chi connectivity index (χ2n) is 8.63. The fourth-order valence-corrected chi connectivity index (χ4v) is 4.87. The molecular formula is C29H30N4O2S. The van der Waals surface area contributed by atoms with E-state index in [0.717, 1.165) is 58.8 Å². The number of pyridine rings is 1. The summed E-state index contributed by atoms with van der Waals surface area (Å²) in [6.45, 7) is 4.26. The van der Waals surface area contributed by atoms with E-state index >= 15 is 0 Å². The van der Waals surface area contributed by atoms with Crippen molar-refractivity contribution in [1.82, 2.24) is 15.2 Å². The highest BCUT2D eigenvalue weighted by Crippen LogP contribution is 2.40. The molecule has 2 aromatic carbocycles. The van der Waals surface area contributed by atoms with Crippen molar-refractivity contribution in [2.45, 2.75) is 25.4 Å². The van der Waals surface area contributed by atoms with Gasteiger partial charge < -0.3 is 24.7 Å². The normalized spacial score (nSPS) is 17.1. The van der Waals surface area contributed by atoms with Crippen LogP contribution in [0, 0.1) is 0 Å². The summed E-state index contributed by atoms with van der Waals surface area (Å²) in [7, 11) is 0. The molecule has 184 valence electrons. The van der Waals surface area contributed by atoms with Gasteiger partial charge >= 0.3 is 0 Å². The molecule has 6 nitrogen and oxygen atoms in total. The first-order valence-electron chi connectivity index (χ1n) is 12.3. The number of nitrogens with one attached hydrogen (secondary N) is 2. The van der Waals surface area contributed by atoms with Gasteiger partial charge in [-0.25, -0.2) is 0 Å². The number of aromatic nitrogens is 1. The lowest BCUT2D eigenvalue weighted by Crippen LogP contribution is -2.31. The van der Waals surface area contributed by atoms with E-state index < -0.39 is 0 Å². The summed E-state index contributed by atoms with van der Waals surface area (Å²) in [5.74, 6) is 2.53. The van der Waals surface area contributed by atoms with Crippen LogP contribution < -0.4 is 15.4 Å². The van der Waals surface area contributed by atoms with Crippen molar-refractivity contribution in [3.8, 4) is 17.1 Å². The van der Waals surface area contributed by atoms with Crippen LogP contribution in [0.2, 0.25) is 0 Å². The van der Waals surface area contributed by atoms with Gasteiger partial charge in [0.1, 0.15) is 23.3 Å². The number of para-hydroxylation sites is 1. The predicted octanol–water partition coefficient (Wildman–Crippen LogP) is 6.22. The largest absolute Gasteiger partial charge is 0.494 e. The Labute approximate surface area is 217 Å². The van der Waals surface area contributed by atoms with E-state index in [1.807, 2.05) is 79.9 Å². The molecule has 36 heavy (non-hydrogen) atoms. The average molecular weight is 499 g/mol. The van der Waals surface area contributed by atoms with Crippen LogP contribution in [0.15, 0.2) is 95.5 Å². The van der Waals surface area contributed by atoms with Gasteiger partial charge in [0.25, 0.3) is 0 Å². The topological polar surface area (TPSA) is 62.6 Å². The van der Waals surface area contributed by atoms with Gasteiger partial charge in [0, 0.05) is 30.5 Å². The Hall–Kier alpha value is -3.84. The van der Waals surface area contributed by atoms with Crippen LogP contribution in [0.25, 0.3) is 11.3 Å². The Bertz CT molecular complexity index is 1260. The summed E-state index contributed by atoms with van der Waals surface area (Å²) >= 11 is 5.79. The van der Waals surface area contributed by atoms with Gasteiger partial charge in [-0.1, -0.05) is 24.3 Å². The smallest absolute Gasteiger partial charge is 0.170 e. The Kier molecular flexibility index (Phi) is 7.47. The number of hydrogen-bond acceptors (Lipinski definition) is 5. The predicted molar refractivity (Wildman–Crippen MR) is 147 cm³/mol. The standard InChI is InChI=1S/C29H30N4O2S/c1-2-34-23-14-12-21(13-15-23)25-16-17-26(35-25)28-27(24-11-6-7-18-31-24)32-29(36)33(28)20-8-19-30-22-9-4-3-5-10-22/h3-7,9-18,27-28,30H,2,8,19-20H2,1H3,(H,32,36)/t27-,28+/m1/s1. The summed E-state index contributed by atoms with van der Waals surface area (Å²) in [4.78, 5) is 6.84. The molecule has 0 saturated carbocycles. The minimum atomic E-state index is -0.0971. The van der Waals surface area contributed by atoms with Crippen LogP contribution in [0.3, 0.4) is 0 Å². The first-order valence-corrected chi connectivity index (χ1v) is 12.7. The number of benzene rings is 2. The van der Waals surface area contributed by atoms with Crippen molar-refractivity contribution in [3.05, 3.63) is 103 Å². The van der Waals surface area contributed by atoms with E-state index in [2.05, 4.69) is 38.7 Å². The zero-order chi connectivity index (χ0) is 24.7. The van der Waals surface area contributed by atoms with Gasteiger partial charge in [-0.15, -0.1) is 0 Å². The molecule has 2 atom stereocenters. The van der Waals surface area contributed by atoms with Crippen molar-refractivity contribution in [3.63, 3.8) is 0 Å². The van der Waals surface area contributed by atoms with E-state index in [4.69, 9.17) is 21.4 Å². The molecule has 0 aliphatic carbocycles. The Morgan fingerprint density at radius 1 is 1.00 bits per heavy atom. The van der Waals surface area contributed by atoms with Crippen LogP contribution in [0.1, 0.15) is 36.9 Å². The van der Waals surface area contributed by atoms with E-state index in [1.165, 1.54) is 0 Å². The lowest BCUT2D eigenvalue weighted by molar-refractivity contribution is 0.274. The lowest BCUT2D eigenvalue weighted by Gasteiger charge is -2.26. The molecule has 0 spiro atoms. The molecule has 5 rings (SSSR count).